The second kappa shape index (κ2) is 4.58. The molecule has 17 heavy (non-hydrogen) atoms. The molecule has 0 heterocycles. The number of rotatable bonds is 3. The van der Waals surface area contributed by atoms with Gasteiger partial charge in [0.05, 0.1) is 0 Å². The molecule has 0 N–H and O–H groups in total. The zero-order valence-electron chi connectivity index (χ0n) is 10.5. The Morgan fingerprint density at radius 1 is 1.18 bits per heavy atom. The van der Waals surface area contributed by atoms with Gasteiger partial charge in [-0.25, -0.2) is 0 Å². The Balaban J connectivity index is 2.89. The minimum Gasteiger partial charge on any atom is -0.377 e. The van der Waals surface area contributed by atoms with Crippen molar-refractivity contribution in [1.29, 1.82) is 0 Å². The first-order chi connectivity index (χ1) is 8.19. The van der Waals surface area contributed by atoms with Crippen molar-refractivity contribution in [3.63, 3.8) is 0 Å². The third kappa shape index (κ3) is 1.91. The predicted molar refractivity (Wildman–Crippen MR) is 73.0 cm³/mol. The number of fused-ring (bicyclic) bond motifs is 1. The zero-order valence-corrected chi connectivity index (χ0v) is 10.5. The lowest BCUT2D eigenvalue weighted by molar-refractivity contribution is 0.112. The molecule has 2 aromatic carbocycles. The monoisotopic (exact) mass is 227 g/mol. The fourth-order valence-corrected chi connectivity index (χ4v) is 2.24. The molecule has 2 heteroatoms. The van der Waals surface area contributed by atoms with Crippen LogP contribution in [0.2, 0.25) is 0 Å². The summed E-state index contributed by atoms with van der Waals surface area (Å²) >= 11 is 0. The normalized spacial score (nSPS) is 10.5. The standard InChI is InChI=1S/C15H17NO/c1-4-11-9-15(16(2)3)13-8-6-5-7-12(13)14(11)10-17/h5-10H,4H2,1-3H3. The maximum absolute atomic E-state index is 11.3. The Morgan fingerprint density at radius 2 is 1.82 bits per heavy atom. The molecule has 0 radical (unpaired) electrons. The van der Waals surface area contributed by atoms with Gasteiger partial charge in [0, 0.05) is 30.7 Å². The van der Waals surface area contributed by atoms with Gasteiger partial charge in [-0.05, 0) is 23.4 Å². The second-order valence-electron chi connectivity index (χ2n) is 4.38. The van der Waals surface area contributed by atoms with Crippen LogP contribution in [0.5, 0.6) is 0 Å². The third-order valence-electron chi connectivity index (χ3n) is 3.13. The number of hydrogen-bond acceptors (Lipinski definition) is 2. The average molecular weight is 227 g/mol. The third-order valence-corrected chi connectivity index (χ3v) is 3.13. The Kier molecular flexibility index (Phi) is 3.14. The van der Waals surface area contributed by atoms with Gasteiger partial charge in [-0.15, -0.1) is 0 Å². The van der Waals surface area contributed by atoms with Crippen LogP contribution < -0.4 is 4.90 Å². The van der Waals surface area contributed by atoms with Crippen LogP contribution in [0, 0.1) is 0 Å². The summed E-state index contributed by atoms with van der Waals surface area (Å²) in [5, 5.41) is 2.18. The van der Waals surface area contributed by atoms with E-state index in [2.05, 4.69) is 24.0 Å². The Bertz CT molecular complexity index is 558. The highest BCUT2D eigenvalue weighted by molar-refractivity contribution is 6.05. The van der Waals surface area contributed by atoms with E-state index in [1.165, 1.54) is 5.69 Å². The molecular formula is C15H17NO. The largest absolute Gasteiger partial charge is 0.377 e. The van der Waals surface area contributed by atoms with Gasteiger partial charge in [0.15, 0.2) is 6.29 Å². The number of benzene rings is 2. The summed E-state index contributed by atoms with van der Waals surface area (Å²) in [4.78, 5) is 13.4. The molecule has 0 saturated heterocycles. The van der Waals surface area contributed by atoms with E-state index in [0.29, 0.717) is 0 Å². The highest BCUT2D eigenvalue weighted by Gasteiger charge is 2.11. The van der Waals surface area contributed by atoms with Gasteiger partial charge >= 0.3 is 0 Å². The molecule has 0 aliphatic carbocycles. The Morgan fingerprint density at radius 3 is 2.35 bits per heavy atom. The van der Waals surface area contributed by atoms with Gasteiger partial charge in [0.1, 0.15) is 0 Å². The van der Waals surface area contributed by atoms with Crippen molar-refractivity contribution in [1.82, 2.24) is 0 Å². The lowest BCUT2D eigenvalue weighted by Gasteiger charge is -2.18. The predicted octanol–water partition coefficient (Wildman–Crippen LogP) is 3.28. The van der Waals surface area contributed by atoms with Gasteiger partial charge in [-0.2, -0.15) is 0 Å². The summed E-state index contributed by atoms with van der Waals surface area (Å²) in [5.41, 5.74) is 3.11. The van der Waals surface area contributed by atoms with Gasteiger partial charge in [-0.3, -0.25) is 4.79 Å². The van der Waals surface area contributed by atoms with Crippen LogP contribution >= 0.6 is 0 Å². The van der Waals surface area contributed by atoms with Crippen molar-refractivity contribution in [2.24, 2.45) is 0 Å². The molecule has 0 fully saturated rings. The Hall–Kier alpha value is -1.83. The summed E-state index contributed by atoms with van der Waals surface area (Å²) in [6.07, 6.45) is 1.85. The van der Waals surface area contributed by atoms with E-state index in [1.54, 1.807) is 0 Å². The number of carbonyl (C=O) groups excluding carboxylic acids is 1. The van der Waals surface area contributed by atoms with Crippen LogP contribution in [0.1, 0.15) is 22.8 Å². The summed E-state index contributed by atoms with van der Waals surface area (Å²) in [5.74, 6) is 0. The molecule has 0 spiro atoms. The van der Waals surface area contributed by atoms with Gasteiger partial charge in [0.2, 0.25) is 0 Å². The first kappa shape index (κ1) is 11.6. The molecule has 2 nitrogen and oxygen atoms in total. The van der Waals surface area contributed by atoms with E-state index in [4.69, 9.17) is 0 Å². The molecule has 0 atom stereocenters. The van der Waals surface area contributed by atoms with Gasteiger partial charge < -0.3 is 4.90 Å². The average Bonchev–Trinajstić information content (AvgIpc) is 2.36. The molecule has 2 aromatic rings. The summed E-state index contributed by atoms with van der Waals surface area (Å²) < 4.78 is 0. The smallest absolute Gasteiger partial charge is 0.150 e. The van der Waals surface area contributed by atoms with Gasteiger partial charge in [0.25, 0.3) is 0 Å². The van der Waals surface area contributed by atoms with Crippen molar-refractivity contribution in [2.75, 3.05) is 19.0 Å². The molecule has 0 aromatic heterocycles. The quantitative estimate of drug-likeness (QED) is 0.750. The second-order valence-corrected chi connectivity index (χ2v) is 4.38. The maximum atomic E-state index is 11.3. The van der Waals surface area contributed by atoms with Crippen molar-refractivity contribution < 1.29 is 4.79 Å². The maximum Gasteiger partial charge on any atom is 0.150 e. The Labute approximate surface area is 102 Å². The molecule has 0 bridgehead atoms. The van der Waals surface area contributed by atoms with Crippen molar-refractivity contribution in [2.45, 2.75) is 13.3 Å². The van der Waals surface area contributed by atoms with Crippen molar-refractivity contribution in [3.05, 3.63) is 41.5 Å². The SMILES string of the molecule is CCc1cc(N(C)C)c2ccccc2c1C=O. The van der Waals surface area contributed by atoms with Crippen molar-refractivity contribution >= 4 is 22.7 Å². The molecule has 0 unspecified atom stereocenters. The topological polar surface area (TPSA) is 20.3 Å². The number of hydrogen-bond donors (Lipinski definition) is 0. The molecule has 0 aliphatic rings. The first-order valence-corrected chi connectivity index (χ1v) is 5.86. The summed E-state index contributed by atoms with van der Waals surface area (Å²) in [6, 6.07) is 10.2. The molecular weight excluding hydrogens is 210 g/mol. The molecule has 0 saturated carbocycles. The van der Waals surface area contributed by atoms with Crippen LogP contribution in [-0.2, 0) is 6.42 Å². The number of aldehydes is 1. The van der Waals surface area contributed by atoms with Crippen LogP contribution in [0.25, 0.3) is 10.8 Å². The van der Waals surface area contributed by atoms with Crippen LogP contribution in [0.15, 0.2) is 30.3 Å². The van der Waals surface area contributed by atoms with E-state index in [0.717, 1.165) is 34.6 Å². The highest BCUT2D eigenvalue weighted by atomic mass is 16.1. The minimum atomic E-state index is 0.828. The minimum absolute atomic E-state index is 0.828. The van der Waals surface area contributed by atoms with Gasteiger partial charge in [-0.1, -0.05) is 31.2 Å². The van der Waals surface area contributed by atoms with E-state index in [1.807, 2.05) is 32.3 Å². The van der Waals surface area contributed by atoms with E-state index >= 15 is 0 Å². The molecule has 88 valence electrons. The number of anilines is 1. The molecule has 2 rings (SSSR count). The highest BCUT2D eigenvalue weighted by Crippen LogP contribution is 2.30. The summed E-state index contributed by atoms with van der Waals surface area (Å²) in [6.45, 7) is 2.08. The fourth-order valence-electron chi connectivity index (χ4n) is 2.24. The molecule has 0 amide bonds. The van der Waals surface area contributed by atoms with Crippen LogP contribution in [-0.4, -0.2) is 20.4 Å². The lowest BCUT2D eigenvalue weighted by Crippen LogP contribution is -2.10. The summed E-state index contributed by atoms with van der Waals surface area (Å²) in [7, 11) is 4.06. The number of nitrogens with zero attached hydrogens (tertiary/aromatic N) is 1. The zero-order chi connectivity index (χ0) is 12.4. The van der Waals surface area contributed by atoms with E-state index in [9.17, 15) is 4.79 Å². The van der Waals surface area contributed by atoms with Crippen molar-refractivity contribution in [3.8, 4) is 0 Å². The number of carbonyl (C=O) groups is 1. The van der Waals surface area contributed by atoms with Crippen LogP contribution in [0.3, 0.4) is 0 Å². The first-order valence-electron chi connectivity index (χ1n) is 5.86. The van der Waals surface area contributed by atoms with E-state index < -0.39 is 0 Å². The lowest BCUT2D eigenvalue weighted by atomic mass is 9.96. The van der Waals surface area contributed by atoms with E-state index in [-0.39, 0.29) is 0 Å². The fraction of sp³-hybridized carbons (Fsp3) is 0.267. The molecule has 0 aliphatic heterocycles. The number of aryl methyl sites for hydroxylation is 1. The van der Waals surface area contributed by atoms with Crippen LogP contribution in [0.4, 0.5) is 5.69 Å².